The highest BCUT2D eigenvalue weighted by Crippen LogP contribution is 2.27. The molecule has 4 nitrogen and oxygen atoms in total. The maximum atomic E-state index is 12.9. The van der Waals surface area contributed by atoms with Crippen LogP contribution in [0.3, 0.4) is 0 Å². The van der Waals surface area contributed by atoms with E-state index < -0.39 is 0 Å². The van der Waals surface area contributed by atoms with Crippen molar-refractivity contribution in [1.29, 1.82) is 0 Å². The fourth-order valence-corrected chi connectivity index (χ4v) is 3.47. The van der Waals surface area contributed by atoms with Gasteiger partial charge in [0.25, 0.3) is 0 Å². The summed E-state index contributed by atoms with van der Waals surface area (Å²) in [5.74, 6) is 0.780. The lowest BCUT2D eigenvalue weighted by molar-refractivity contribution is 0.257. The molecular weight excluding hydrogens is 348 g/mol. The molecule has 0 saturated carbocycles. The summed E-state index contributed by atoms with van der Waals surface area (Å²) in [7, 11) is 0. The Balaban J connectivity index is 1.39. The zero-order chi connectivity index (χ0) is 19.2. The maximum Gasteiger partial charge on any atom is 0.326 e. The number of anilines is 2. The fraction of sp³-hybridized carbons (Fsp3) is 0.208. The molecule has 0 fully saturated rings. The first-order valence-corrected chi connectivity index (χ1v) is 9.73. The summed E-state index contributed by atoms with van der Waals surface area (Å²) in [5.41, 5.74) is 4.14. The first kappa shape index (κ1) is 18.1. The van der Waals surface area contributed by atoms with Gasteiger partial charge in [-0.05, 0) is 60.7 Å². The van der Waals surface area contributed by atoms with Gasteiger partial charge in [-0.25, -0.2) is 4.79 Å². The number of aryl methyl sites for hydroxylation is 1. The number of nitrogens with one attached hydrogen (secondary N) is 1. The van der Waals surface area contributed by atoms with Crippen LogP contribution >= 0.6 is 0 Å². The molecule has 0 aliphatic carbocycles. The van der Waals surface area contributed by atoms with Crippen LogP contribution in [-0.2, 0) is 13.0 Å². The molecule has 0 atom stereocenters. The molecule has 0 spiro atoms. The summed E-state index contributed by atoms with van der Waals surface area (Å²) in [6.07, 6.45) is 3.13. The van der Waals surface area contributed by atoms with Crippen molar-refractivity contribution >= 4 is 17.4 Å². The number of benzene rings is 3. The molecule has 0 radical (unpaired) electrons. The Hall–Kier alpha value is -3.27. The molecule has 2 amide bonds. The zero-order valence-electron chi connectivity index (χ0n) is 15.8. The minimum absolute atomic E-state index is 0.0905. The van der Waals surface area contributed by atoms with E-state index in [2.05, 4.69) is 11.4 Å². The van der Waals surface area contributed by atoms with E-state index in [9.17, 15) is 4.79 Å². The van der Waals surface area contributed by atoms with Gasteiger partial charge in [0.15, 0.2) is 0 Å². The Kier molecular flexibility index (Phi) is 5.57. The molecule has 0 bridgehead atoms. The van der Waals surface area contributed by atoms with Crippen LogP contribution in [0.2, 0.25) is 0 Å². The Morgan fingerprint density at radius 2 is 1.64 bits per heavy atom. The average molecular weight is 372 g/mol. The number of ether oxygens (including phenoxy) is 1. The first-order chi connectivity index (χ1) is 13.8. The van der Waals surface area contributed by atoms with E-state index in [0.717, 1.165) is 48.5 Å². The number of carbonyl (C=O) groups is 1. The van der Waals surface area contributed by atoms with E-state index >= 15 is 0 Å². The second-order valence-corrected chi connectivity index (χ2v) is 6.97. The number of urea groups is 1. The lowest BCUT2D eigenvalue weighted by Gasteiger charge is -2.23. The van der Waals surface area contributed by atoms with Crippen molar-refractivity contribution < 1.29 is 9.53 Å². The van der Waals surface area contributed by atoms with Crippen LogP contribution in [0, 0.1) is 0 Å². The number of amides is 2. The molecular formula is C24H24N2O2. The molecule has 0 unspecified atom stereocenters. The Labute approximate surface area is 165 Å². The molecule has 1 aliphatic rings. The van der Waals surface area contributed by atoms with Crippen molar-refractivity contribution in [3.8, 4) is 5.75 Å². The molecule has 3 aromatic rings. The van der Waals surface area contributed by atoms with Crippen molar-refractivity contribution in [2.75, 3.05) is 16.8 Å². The monoisotopic (exact) mass is 372 g/mol. The highest BCUT2D eigenvalue weighted by atomic mass is 16.5. The summed E-state index contributed by atoms with van der Waals surface area (Å²) in [6, 6.07) is 25.7. The number of hydrogen-bond donors (Lipinski definition) is 1. The predicted octanol–water partition coefficient (Wildman–Crippen LogP) is 5.64. The summed E-state index contributed by atoms with van der Waals surface area (Å²) in [5, 5.41) is 3.01. The number of rotatable bonds is 4. The normalized spacial score (nSPS) is 13.4. The Bertz CT molecular complexity index is 923. The maximum absolute atomic E-state index is 12.9. The van der Waals surface area contributed by atoms with Crippen molar-refractivity contribution in [2.45, 2.75) is 25.9 Å². The molecule has 1 aliphatic heterocycles. The van der Waals surface area contributed by atoms with E-state index in [1.54, 1.807) is 0 Å². The number of hydrogen-bond acceptors (Lipinski definition) is 2. The topological polar surface area (TPSA) is 41.6 Å². The lowest BCUT2D eigenvalue weighted by atomic mass is 10.1. The van der Waals surface area contributed by atoms with Crippen LogP contribution in [0.15, 0.2) is 78.9 Å². The fourth-order valence-electron chi connectivity index (χ4n) is 3.47. The molecule has 0 saturated heterocycles. The van der Waals surface area contributed by atoms with Crippen molar-refractivity contribution in [2.24, 2.45) is 0 Å². The third-order valence-electron chi connectivity index (χ3n) is 4.96. The van der Waals surface area contributed by atoms with Gasteiger partial charge in [-0.2, -0.15) is 0 Å². The van der Waals surface area contributed by atoms with E-state index in [1.165, 1.54) is 5.56 Å². The highest BCUT2D eigenvalue weighted by Gasteiger charge is 2.20. The van der Waals surface area contributed by atoms with Gasteiger partial charge in [-0.15, -0.1) is 0 Å². The molecule has 1 N–H and O–H groups in total. The van der Waals surface area contributed by atoms with Gasteiger partial charge in [-0.1, -0.05) is 48.5 Å². The minimum atomic E-state index is -0.0905. The third kappa shape index (κ3) is 4.34. The van der Waals surface area contributed by atoms with Gasteiger partial charge in [-0.3, -0.25) is 4.90 Å². The van der Waals surface area contributed by atoms with Crippen molar-refractivity contribution in [3.63, 3.8) is 0 Å². The van der Waals surface area contributed by atoms with Crippen LogP contribution in [0.4, 0.5) is 16.2 Å². The number of carbonyl (C=O) groups excluding carboxylic acids is 1. The minimum Gasteiger partial charge on any atom is -0.489 e. The smallest absolute Gasteiger partial charge is 0.326 e. The largest absolute Gasteiger partial charge is 0.489 e. The number of nitrogens with zero attached hydrogens (tertiary/aromatic N) is 1. The van der Waals surface area contributed by atoms with Crippen LogP contribution in [-0.4, -0.2) is 12.6 Å². The van der Waals surface area contributed by atoms with Gasteiger partial charge >= 0.3 is 6.03 Å². The highest BCUT2D eigenvalue weighted by molar-refractivity contribution is 6.02. The molecule has 4 rings (SSSR count). The van der Waals surface area contributed by atoms with E-state index in [4.69, 9.17) is 4.74 Å². The first-order valence-electron chi connectivity index (χ1n) is 9.73. The molecule has 28 heavy (non-hydrogen) atoms. The second-order valence-electron chi connectivity index (χ2n) is 6.97. The summed E-state index contributed by atoms with van der Waals surface area (Å²) in [6.45, 7) is 1.26. The van der Waals surface area contributed by atoms with E-state index in [1.807, 2.05) is 77.7 Å². The third-order valence-corrected chi connectivity index (χ3v) is 4.96. The summed E-state index contributed by atoms with van der Waals surface area (Å²) >= 11 is 0. The van der Waals surface area contributed by atoms with Gasteiger partial charge in [0.05, 0.1) is 0 Å². The summed E-state index contributed by atoms with van der Waals surface area (Å²) < 4.78 is 5.81. The van der Waals surface area contributed by atoms with Gasteiger partial charge in [0.2, 0.25) is 0 Å². The van der Waals surface area contributed by atoms with Crippen LogP contribution in [0.5, 0.6) is 5.75 Å². The predicted molar refractivity (Wildman–Crippen MR) is 113 cm³/mol. The van der Waals surface area contributed by atoms with Crippen LogP contribution in [0.25, 0.3) is 0 Å². The SMILES string of the molecule is O=C(Nc1ccc(OCc2ccccc2)cc1)N1CCCCc2ccccc21. The number of fused-ring (bicyclic) bond motifs is 1. The standard InChI is InChI=1S/C24H24N2O2/c27-24(26-17-7-6-11-20-10-4-5-12-23(20)26)25-21-13-15-22(16-14-21)28-18-19-8-2-1-3-9-19/h1-5,8-10,12-16H,6-7,11,17-18H2,(H,25,27). The lowest BCUT2D eigenvalue weighted by Crippen LogP contribution is -2.35. The molecule has 4 heteroatoms. The zero-order valence-corrected chi connectivity index (χ0v) is 15.8. The Morgan fingerprint density at radius 3 is 2.46 bits per heavy atom. The molecule has 3 aromatic carbocycles. The average Bonchev–Trinajstić information content (AvgIpc) is 2.97. The van der Waals surface area contributed by atoms with E-state index in [0.29, 0.717) is 6.61 Å². The Morgan fingerprint density at radius 1 is 0.893 bits per heavy atom. The van der Waals surface area contributed by atoms with Gasteiger partial charge in [0, 0.05) is 17.9 Å². The quantitative estimate of drug-likeness (QED) is 0.644. The number of para-hydroxylation sites is 1. The van der Waals surface area contributed by atoms with Crippen LogP contribution < -0.4 is 15.0 Å². The van der Waals surface area contributed by atoms with Gasteiger partial charge in [0.1, 0.15) is 12.4 Å². The molecule has 0 aromatic heterocycles. The van der Waals surface area contributed by atoms with Crippen molar-refractivity contribution in [1.82, 2.24) is 0 Å². The molecule has 1 heterocycles. The van der Waals surface area contributed by atoms with Crippen LogP contribution in [0.1, 0.15) is 24.0 Å². The molecule has 142 valence electrons. The van der Waals surface area contributed by atoms with Gasteiger partial charge < -0.3 is 10.1 Å². The van der Waals surface area contributed by atoms with E-state index in [-0.39, 0.29) is 6.03 Å². The van der Waals surface area contributed by atoms with Crippen molar-refractivity contribution in [3.05, 3.63) is 90.0 Å². The summed E-state index contributed by atoms with van der Waals surface area (Å²) in [4.78, 5) is 14.7. The second kappa shape index (κ2) is 8.61.